The third-order valence-corrected chi connectivity index (χ3v) is 4.63. The topological polar surface area (TPSA) is 58.7 Å². The molecule has 0 fully saturated rings. The van der Waals surface area contributed by atoms with Crippen LogP contribution in [0.2, 0.25) is 5.02 Å². The second kappa shape index (κ2) is 9.73. The van der Waals surface area contributed by atoms with Crippen molar-refractivity contribution in [2.75, 3.05) is 7.05 Å². The first-order valence-corrected chi connectivity index (χ1v) is 9.51. The summed E-state index contributed by atoms with van der Waals surface area (Å²) in [6.45, 7) is 0. The minimum absolute atomic E-state index is 0.0782. The fraction of sp³-hybridized carbons (Fsp3) is 0.0833. The Balaban J connectivity index is 1.94. The van der Waals surface area contributed by atoms with Crippen LogP contribution in [0.15, 0.2) is 83.9 Å². The largest absolute Gasteiger partial charge is 0.369 e. The molecule has 0 radical (unpaired) electrons. The number of nitrogens with two attached hydrogens (primary N) is 1. The molecule has 150 valence electrons. The number of amides is 1. The highest BCUT2D eigenvalue weighted by atomic mass is 35.5. The predicted octanol–water partition coefficient (Wildman–Crippen LogP) is 4.66. The maximum absolute atomic E-state index is 13.9. The highest BCUT2D eigenvalue weighted by Gasteiger charge is 2.19. The van der Waals surface area contributed by atoms with Crippen molar-refractivity contribution in [2.24, 2.45) is 10.7 Å². The number of hydrogen-bond donors (Lipinski definition) is 1. The van der Waals surface area contributed by atoms with Gasteiger partial charge in [0.25, 0.3) is 5.91 Å². The summed E-state index contributed by atoms with van der Waals surface area (Å²) in [5, 5.41) is 0.590. The van der Waals surface area contributed by atoms with Gasteiger partial charge < -0.3 is 10.6 Å². The van der Waals surface area contributed by atoms with Crippen LogP contribution in [-0.2, 0) is 0 Å². The van der Waals surface area contributed by atoms with Gasteiger partial charge in [0.15, 0.2) is 0 Å². The Hall–Kier alpha value is -3.62. The quantitative estimate of drug-likeness (QED) is 0.381. The minimum atomic E-state index is -0.761. The Morgan fingerprint density at radius 3 is 2.33 bits per heavy atom. The molecule has 0 aliphatic carbocycles. The fourth-order valence-electron chi connectivity index (χ4n) is 2.73. The van der Waals surface area contributed by atoms with E-state index >= 15 is 0 Å². The number of halogens is 2. The molecule has 0 bridgehead atoms. The van der Waals surface area contributed by atoms with Crippen molar-refractivity contribution < 1.29 is 9.18 Å². The molecule has 1 atom stereocenters. The number of carbonyl (C=O) groups excluding carboxylic acids is 1. The van der Waals surface area contributed by atoms with E-state index in [1.54, 1.807) is 30.1 Å². The molecule has 6 heteroatoms. The van der Waals surface area contributed by atoms with E-state index in [-0.39, 0.29) is 11.5 Å². The van der Waals surface area contributed by atoms with Crippen molar-refractivity contribution in [2.45, 2.75) is 6.04 Å². The molecule has 0 aliphatic heterocycles. The highest BCUT2D eigenvalue weighted by molar-refractivity contribution is 6.30. The van der Waals surface area contributed by atoms with Crippen LogP contribution < -0.4 is 5.73 Å². The lowest BCUT2D eigenvalue weighted by molar-refractivity contribution is 0.0997. The molecule has 3 aromatic rings. The van der Waals surface area contributed by atoms with Crippen LogP contribution in [0.1, 0.15) is 27.5 Å². The smallest absolute Gasteiger partial charge is 0.283 e. The lowest BCUT2D eigenvalue weighted by Crippen LogP contribution is -2.37. The highest BCUT2D eigenvalue weighted by Crippen LogP contribution is 2.21. The molecule has 1 amide bonds. The zero-order chi connectivity index (χ0) is 21.5. The van der Waals surface area contributed by atoms with Crippen LogP contribution in [-0.4, -0.2) is 23.8 Å². The number of hydrogen-bond acceptors (Lipinski definition) is 1. The van der Waals surface area contributed by atoms with Crippen molar-refractivity contribution in [1.82, 2.24) is 4.90 Å². The molecule has 0 aromatic heterocycles. The number of nitrogens with zero attached hydrogens (tertiary/aromatic N) is 2. The zero-order valence-corrected chi connectivity index (χ0v) is 17.0. The fourth-order valence-corrected chi connectivity index (χ4v) is 2.86. The lowest BCUT2D eigenvalue weighted by atomic mass is 10.1. The lowest BCUT2D eigenvalue weighted by Gasteiger charge is -2.25. The van der Waals surface area contributed by atoms with E-state index in [1.807, 2.05) is 42.5 Å². The van der Waals surface area contributed by atoms with Gasteiger partial charge in [0.2, 0.25) is 5.96 Å². The van der Waals surface area contributed by atoms with Gasteiger partial charge in [0, 0.05) is 17.6 Å². The standard InChI is InChI=1S/C24H19ClFN3O/c1-29(24(27)28-23(30)20-9-5-6-10-21(20)26)22(18-12-14-19(25)15-13-18)16-11-17-7-3-2-4-8-17/h2-10,12-15,22H,1H3,(H2,27,28,30). The number of guanidine groups is 1. The van der Waals surface area contributed by atoms with Gasteiger partial charge in [-0.2, -0.15) is 4.99 Å². The Kier molecular flexibility index (Phi) is 6.84. The van der Waals surface area contributed by atoms with E-state index in [4.69, 9.17) is 17.3 Å². The summed E-state index contributed by atoms with van der Waals surface area (Å²) in [5.41, 5.74) is 7.59. The zero-order valence-electron chi connectivity index (χ0n) is 16.2. The average molecular weight is 420 g/mol. The van der Waals surface area contributed by atoms with Crippen LogP contribution >= 0.6 is 11.6 Å². The van der Waals surface area contributed by atoms with Crippen molar-refractivity contribution in [3.05, 3.63) is 106 Å². The van der Waals surface area contributed by atoms with E-state index in [1.165, 1.54) is 18.2 Å². The minimum Gasteiger partial charge on any atom is -0.369 e. The van der Waals surface area contributed by atoms with Crippen molar-refractivity contribution in [1.29, 1.82) is 0 Å². The van der Waals surface area contributed by atoms with Gasteiger partial charge in [-0.3, -0.25) is 4.79 Å². The number of carbonyl (C=O) groups is 1. The summed E-state index contributed by atoms with van der Waals surface area (Å²) >= 11 is 6.00. The molecule has 0 heterocycles. The Morgan fingerprint density at radius 2 is 1.67 bits per heavy atom. The van der Waals surface area contributed by atoms with E-state index in [2.05, 4.69) is 16.8 Å². The third kappa shape index (κ3) is 5.25. The summed E-state index contributed by atoms with van der Waals surface area (Å²) < 4.78 is 13.9. The molecule has 1 unspecified atom stereocenters. The van der Waals surface area contributed by atoms with E-state index in [9.17, 15) is 9.18 Å². The summed E-state index contributed by atoms with van der Waals surface area (Å²) in [5.74, 6) is 4.78. The van der Waals surface area contributed by atoms with Gasteiger partial charge in [-0.1, -0.05) is 65.9 Å². The molecule has 2 N–H and O–H groups in total. The molecule has 3 rings (SSSR count). The van der Waals surface area contributed by atoms with Crippen LogP contribution in [0.3, 0.4) is 0 Å². The van der Waals surface area contributed by atoms with Gasteiger partial charge in [0.1, 0.15) is 11.9 Å². The third-order valence-electron chi connectivity index (χ3n) is 4.38. The predicted molar refractivity (Wildman–Crippen MR) is 118 cm³/mol. The molecule has 30 heavy (non-hydrogen) atoms. The van der Waals surface area contributed by atoms with E-state index in [0.29, 0.717) is 5.02 Å². The van der Waals surface area contributed by atoms with Crippen LogP contribution in [0.4, 0.5) is 4.39 Å². The Morgan fingerprint density at radius 1 is 1.03 bits per heavy atom. The molecule has 3 aromatic carbocycles. The molecular formula is C24H19ClFN3O. The van der Waals surface area contributed by atoms with Crippen LogP contribution in [0, 0.1) is 17.7 Å². The SMILES string of the molecule is CN(/C(N)=N/C(=O)c1ccccc1F)C(C#Cc1ccccc1)c1ccc(Cl)cc1. The molecule has 0 saturated carbocycles. The van der Waals surface area contributed by atoms with Gasteiger partial charge >= 0.3 is 0 Å². The number of aliphatic imine (C=N–C) groups is 1. The van der Waals surface area contributed by atoms with Gasteiger partial charge in [0.05, 0.1) is 5.56 Å². The van der Waals surface area contributed by atoms with Gasteiger partial charge in [-0.25, -0.2) is 4.39 Å². The first kappa shape index (κ1) is 21.1. The number of rotatable bonds is 3. The molecular weight excluding hydrogens is 401 g/mol. The van der Waals surface area contributed by atoms with Crippen LogP contribution in [0.25, 0.3) is 0 Å². The monoisotopic (exact) mass is 419 g/mol. The first-order chi connectivity index (χ1) is 14.5. The number of benzene rings is 3. The van der Waals surface area contributed by atoms with Crippen LogP contribution in [0.5, 0.6) is 0 Å². The normalized spacial score (nSPS) is 11.9. The molecule has 0 aliphatic rings. The van der Waals surface area contributed by atoms with E-state index in [0.717, 1.165) is 11.1 Å². The van der Waals surface area contributed by atoms with Gasteiger partial charge in [-0.15, -0.1) is 0 Å². The summed E-state index contributed by atoms with van der Waals surface area (Å²) in [4.78, 5) is 17.8. The molecule has 4 nitrogen and oxygen atoms in total. The Labute approximate surface area is 179 Å². The van der Waals surface area contributed by atoms with Crippen molar-refractivity contribution in [3.8, 4) is 11.8 Å². The second-order valence-electron chi connectivity index (χ2n) is 6.46. The Bertz CT molecular complexity index is 1120. The first-order valence-electron chi connectivity index (χ1n) is 9.13. The second-order valence-corrected chi connectivity index (χ2v) is 6.89. The molecule has 0 saturated heterocycles. The maximum atomic E-state index is 13.9. The molecule has 0 spiro atoms. The summed E-state index contributed by atoms with van der Waals surface area (Å²) in [7, 11) is 1.67. The van der Waals surface area contributed by atoms with Crippen molar-refractivity contribution >= 4 is 23.5 Å². The van der Waals surface area contributed by atoms with E-state index < -0.39 is 17.8 Å². The van der Waals surface area contributed by atoms with Gasteiger partial charge in [-0.05, 0) is 42.0 Å². The maximum Gasteiger partial charge on any atom is 0.283 e. The van der Waals surface area contributed by atoms with Crippen molar-refractivity contribution in [3.63, 3.8) is 0 Å². The summed E-state index contributed by atoms with van der Waals surface area (Å²) in [6, 6.07) is 21.8. The average Bonchev–Trinajstić information content (AvgIpc) is 2.75. The summed E-state index contributed by atoms with van der Waals surface area (Å²) in [6.07, 6.45) is 0.